The molecule has 0 aliphatic rings. The molecule has 3 aromatic rings. The Balaban J connectivity index is 1.87. The van der Waals surface area contributed by atoms with E-state index < -0.39 is 5.97 Å². The molecular formula is C19H19N3O5. The fraction of sp³-hybridized carbons (Fsp3) is 0.211. The van der Waals surface area contributed by atoms with Crippen LogP contribution in [-0.2, 0) is 4.79 Å². The first-order valence-electron chi connectivity index (χ1n) is 8.32. The van der Waals surface area contributed by atoms with E-state index in [0.29, 0.717) is 34.9 Å². The topological polar surface area (TPSA) is 114 Å². The molecule has 0 aliphatic heterocycles. The molecule has 0 bridgehead atoms. The monoisotopic (exact) mass is 369 g/mol. The van der Waals surface area contributed by atoms with Gasteiger partial charge in [-0.3, -0.25) is 4.79 Å². The van der Waals surface area contributed by atoms with Crippen molar-refractivity contribution in [3.8, 4) is 22.9 Å². The molecule has 27 heavy (non-hydrogen) atoms. The highest BCUT2D eigenvalue weighted by atomic mass is 16.5. The molecule has 0 spiro atoms. The van der Waals surface area contributed by atoms with Gasteiger partial charge in [0, 0.05) is 12.1 Å². The maximum Gasteiger partial charge on any atom is 0.335 e. The number of amides is 1. The second kappa shape index (κ2) is 7.77. The minimum atomic E-state index is -0.997. The minimum absolute atomic E-state index is 0.105. The number of ether oxygens (including phenoxy) is 2. The lowest BCUT2D eigenvalue weighted by molar-refractivity contribution is -0.123. The number of aromatic amines is 1. The number of fused-ring (bicyclic) bond motifs is 1. The van der Waals surface area contributed by atoms with E-state index in [0.717, 1.165) is 5.56 Å². The van der Waals surface area contributed by atoms with Gasteiger partial charge in [0.05, 0.1) is 23.7 Å². The van der Waals surface area contributed by atoms with E-state index in [4.69, 9.17) is 14.6 Å². The summed E-state index contributed by atoms with van der Waals surface area (Å²) in [6, 6.07) is 9.92. The van der Waals surface area contributed by atoms with Crippen LogP contribution in [0.2, 0.25) is 0 Å². The summed E-state index contributed by atoms with van der Waals surface area (Å²) in [7, 11) is 1.51. The standard InChI is InChI=1S/C19H19N3O5/c1-3-20-17(23)10-27-15-7-5-11(9-16(15)26-2)18-21-13-6-4-12(19(24)25)8-14(13)22-18/h4-9H,3,10H2,1-2H3,(H,20,23)(H,21,22)(H,24,25). The average molecular weight is 369 g/mol. The summed E-state index contributed by atoms with van der Waals surface area (Å²) in [5, 5.41) is 11.8. The number of H-pyrrole nitrogens is 1. The summed E-state index contributed by atoms with van der Waals surface area (Å²) in [5.41, 5.74) is 2.21. The molecule has 8 heteroatoms. The van der Waals surface area contributed by atoms with Gasteiger partial charge in [0.25, 0.3) is 5.91 Å². The Kier molecular flexibility index (Phi) is 5.25. The van der Waals surface area contributed by atoms with Gasteiger partial charge in [0.1, 0.15) is 5.82 Å². The van der Waals surface area contributed by atoms with Crippen molar-refractivity contribution >= 4 is 22.9 Å². The molecule has 1 heterocycles. The van der Waals surface area contributed by atoms with Crippen LogP contribution in [0.15, 0.2) is 36.4 Å². The SMILES string of the molecule is CCNC(=O)COc1ccc(-c2nc3ccc(C(=O)O)cc3[nH]2)cc1OC. The third-order valence-electron chi connectivity index (χ3n) is 3.90. The molecule has 3 N–H and O–H groups in total. The summed E-state index contributed by atoms with van der Waals surface area (Å²) in [5.74, 6) is 0.264. The van der Waals surface area contributed by atoms with Crippen molar-refractivity contribution in [1.82, 2.24) is 15.3 Å². The van der Waals surface area contributed by atoms with E-state index in [-0.39, 0.29) is 18.1 Å². The number of carbonyl (C=O) groups is 2. The van der Waals surface area contributed by atoms with Gasteiger partial charge in [0.15, 0.2) is 18.1 Å². The van der Waals surface area contributed by atoms with Crippen LogP contribution in [0, 0.1) is 0 Å². The zero-order chi connectivity index (χ0) is 19.4. The lowest BCUT2D eigenvalue weighted by Gasteiger charge is -2.11. The van der Waals surface area contributed by atoms with Gasteiger partial charge in [0.2, 0.25) is 0 Å². The number of nitrogens with one attached hydrogen (secondary N) is 2. The van der Waals surface area contributed by atoms with E-state index in [9.17, 15) is 9.59 Å². The first-order valence-corrected chi connectivity index (χ1v) is 8.32. The zero-order valence-electron chi connectivity index (χ0n) is 14.9. The Bertz CT molecular complexity index is 996. The Morgan fingerprint density at radius 3 is 2.70 bits per heavy atom. The van der Waals surface area contributed by atoms with Gasteiger partial charge >= 0.3 is 5.97 Å². The molecule has 8 nitrogen and oxygen atoms in total. The van der Waals surface area contributed by atoms with Crippen molar-refractivity contribution < 1.29 is 24.2 Å². The molecule has 0 atom stereocenters. The number of likely N-dealkylation sites (N-methyl/N-ethyl adjacent to an activating group) is 1. The number of carboxylic acids is 1. The van der Waals surface area contributed by atoms with Crippen LogP contribution in [0.5, 0.6) is 11.5 Å². The Hall–Kier alpha value is -3.55. The van der Waals surface area contributed by atoms with Gasteiger partial charge in [-0.2, -0.15) is 0 Å². The van der Waals surface area contributed by atoms with Crippen LogP contribution in [0.1, 0.15) is 17.3 Å². The van der Waals surface area contributed by atoms with Gasteiger partial charge < -0.3 is 24.9 Å². The highest BCUT2D eigenvalue weighted by molar-refractivity contribution is 5.93. The number of benzene rings is 2. The number of nitrogens with zero attached hydrogens (tertiary/aromatic N) is 1. The third-order valence-corrected chi connectivity index (χ3v) is 3.90. The van der Waals surface area contributed by atoms with Gasteiger partial charge in [-0.15, -0.1) is 0 Å². The second-order valence-corrected chi connectivity index (χ2v) is 5.73. The average Bonchev–Trinajstić information content (AvgIpc) is 3.09. The van der Waals surface area contributed by atoms with Crippen molar-refractivity contribution in [2.45, 2.75) is 6.92 Å². The first kappa shape index (κ1) is 18.2. The summed E-state index contributed by atoms with van der Waals surface area (Å²) < 4.78 is 10.8. The molecule has 140 valence electrons. The number of rotatable bonds is 7. The Morgan fingerprint density at radius 1 is 1.19 bits per heavy atom. The summed E-state index contributed by atoms with van der Waals surface area (Å²) in [4.78, 5) is 30.2. The summed E-state index contributed by atoms with van der Waals surface area (Å²) in [6.45, 7) is 2.26. The Labute approximate surface area is 155 Å². The fourth-order valence-electron chi connectivity index (χ4n) is 2.60. The molecule has 3 rings (SSSR count). The maximum absolute atomic E-state index is 11.5. The quantitative estimate of drug-likeness (QED) is 0.589. The summed E-state index contributed by atoms with van der Waals surface area (Å²) in [6.07, 6.45) is 0. The number of methoxy groups -OCH3 is 1. The minimum Gasteiger partial charge on any atom is -0.493 e. The van der Waals surface area contributed by atoms with E-state index in [2.05, 4.69) is 15.3 Å². The second-order valence-electron chi connectivity index (χ2n) is 5.73. The van der Waals surface area contributed by atoms with Crippen molar-refractivity contribution in [1.29, 1.82) is 0 Å². The van der Waals surface area contributed by atoms with Crippen LogP contribution in [-0.4, -0.2) is 47.2 Å². The highest BCUT2D eigenvalue weighted by Gasteiger charge is 2.13. The number of carboxylic acid groups (broad SMARTS) is 1. The lowest BCUT2D eigenvalue weighted by Crippen LogP contribution is -2.28. The maximum atomic E-state index is 11.5. The van der Waals surface area contributed by atoms with Crippen LogP contribution in [0.25, 0.3) is 22.4 Å². The normalized spacial score (nSPS) is 10.6. The molecule has 1 aromatic heterocycles. The molecule has 0 radical (unpaired) electrons. The van der Waals surface area contributed by atoms with Crippen molar-refractivity contribution in [3.63, 3.8) is 0 Å². The molecule has 2 aromatic carbocycles. The summed E-state index contributed by atoms with van der Waals surface area (Å²) >= 11 is 0. The largest absolute Gasteiger partial charge is 0.493 e. The van der Waals surface area contributed by atoms with E-state index in [1.165, 1.54) is 19.2 Å². The zero-order valence-corrected chi connectivity index (χ0v) is 14.9. The third kappa shape index (κ3) is 4.00. The van der Waals surface area contributed by atoms with E-state index >= 15 is 0 Å². The van der Waals surface area contributed by atoms with Crippen molar-refractivity contribution in [3.05, 3.63) is 42.0 Å². The molecule has 0 saturated carbocycles. The van der Waals surface area contributed by atoms with Crippen LogP contribution < -0.4 is 14.8 Å². The molecule has 0 saturated heterocycles. The Morgan fingerprint density at radius 2 is 2.00 bits per heavy atom. The van der Waals surface area contributed by atoms with Crippen LogP contribution in [0.3, 0.4) is 0 Å². The fourth-order valence-corrected chi connectivity index (χ4v) is 2.60. The first-order chi connectivity index (χ1) is 13.0. The molecule has 0 fully saturated rings. The van der Waals surface area contributed by atoms with Crippen LogP contribution in [0.4, 0.5) is 0 Å². The number of imidazole rings is 1. The van der Waals surface area contributed by atoms with Gasteiger partial charge in [-0.25, -0.2) is 9.78 Å². The molecular weight excluding hydrogens is 350 g/mol. The highest BCUT2D eigenvalue weighted by Crippen LogP contribution is 2.32. The molecule has 1 amide bonds. The smallest absolute Gasteiger partial charge is 0.335 e. The van der Waals surface area contributed by atoms with Crippen molar-refractivity contribution in [2.24, 2.45) is 0 Å². The van der Waals surface area contributed by atoms with Crippen LogP contribution >= 0.6 is 0 Å². The predicted octanol–water partition coefficient (Wildman–Crippen LogP) is 2.45. The number of aromatic nitrogens is 2. The van der Waals surface area contributed by atoms with Crippen molar-refractivity contribution in [2.75, 3.05) is 20.3 Å². The number of aromatic carboxylic acids is 1. The van der Waals surface area contributed by atoms with Gasteiger partial charge in [-0.1, -0.05) is 0 Å². The lowest BCUT2D eigenvalue weighted by atomic mass is 10.2. The number of carbonyl (C=O) groups excluding carboxylic acids is 1. The molecule has 0 unspecified atom stereocenters. The van der Waals surface area contributed by atoms with E-state index in [1.54, 1.807) is 24.3 Å². The number of hydrogen-bond donors (Lipinski definition) is 3. The van der Waals surface area contributed by atoms with Gasteiger partial charge in [-0.05, 0) is 43.3 Å². The predicted molar refractivity (Wildman–Crippen MR) is 99.2 cm³/mol. The van der Waals surface area contributed by atoms with E-state index in [1.807, 2.05) is 6.92 Å². The number of hydrogen-bond acceptors (Lipinski definition) is 5. The molecule has 0 aliphatic carbocycles.